The van der Waals surface area contributed by atoms with Crippen molar-refractivity contribution in [2.24, 2.45) is 0 Å². The topological polar surface area (TPSA) is 29.9 Å². The molecule has 0 saturated carbocycles. The van der Waals surface area contributed by atoms with Gasteiger partial charge in [-0.2, -0.15) is 0 Å². The number of halogens is 1. The van der Waals surface area contributed by atoms with E-state index < -0.39 is 0 Å². The fourth-order valence-electron chi connectivity index (χ4n) is 1.42. The smallest absolute Gasteiger partial charge is 0.0952 e. The second kappa shape index (κ2) is 4.92. The SMILES string of the molecule is CNCc1cncn1Cc1cc(Br)cs1. The summed E-state index contributed by atoms with van der Waals surface area (Å²) in [7, 11) is 1.94. The molecule has 0 spiro atoms. The Morgan fingerprint density at radius 1 is 1.60 bits per heavy atom. The molecule has 0 aliphatic carbocycles. The van der Waals surface area contributed by atoms with Gasteiger partial charge in [-0.3, -0.25) is 0 Å². The highest BCUT2D eigenvalue weighted by molar-refractivity contribution is 9.10. The summed E-state index contributed by atoms with van der Waals surface area (Å²) in [6.07, 6.45) is 3.78. The lowest BCUT2D eigenvalue weighted by molar-refractivity contribution is 0.697. The molecule has 0 amide bonds. The van der Waals surface area contributed by atoms with Gasteiger partial charge in [0, 0.05) is 27.5 Å². The highest BCUT2D eigenvalue weighted by Crippen LogP contribution is 2.20. The maximum absolute atomic E-state index is 4.16. The second-order valence-corrected chi connectivity index (χ2v) is 5.19. The van der Waals surface area contributed by atoms with Gasteiger partial charge in [-0.1, -0.05) is 0 Å². The van der Waals surface area contributed by atoms with Crippen LogP contribution in [0.4, 0.5) is 0 Å². The Kier molecular flexibility index (Phi) is 3.56. The lowest BCUT2D eigenvalue weighted by atomic mass is 10.4. The highest BCUT2D eigenvalue weighted by atomic mass is 79.9. The zero-order valence-corrected chi connectivity index (χ0v) is 10.8. The molecule has 0 aliphatic rings. The summed E-state index contributed by atoms with van der Waals surface area (Å²) in [5, 5.41) is 5.24. The Morgan fingerprint density at radius 3 is 3.13 bits per heavy atom. The van der Waals surface area contributed by atoms with Crippen molar-refractivity contribution in [2.45, 2.75) is 13.1 Å². The first-order valence-electron chi connectivity index (χ1n) is 4.66. The molecule has 2 aromatic heterocycles. The van der Waals surface area contributed by atoms with Crippen molar-refractivity contribution in [2.75, 3.05) is 7.05 Å². The van der Waals surface area contributed by atoms with Gasteiger partial charge < -0.3 is 9.88 Å². The quantitative estimate of drug-likeness (QED) is 0.935. The van der Waals surface area contributed by atoms with Gasteiger partial charge in [-0.05, 0) is 29.0 Å². The minimum Gasteiger partial charge on any atom is -0.328 e. The van der Waals surface area contributed by atoms with E-state index in [0.717, 1.165) is 17.6 Å². The standard InChI is InChI=1S/C10H12BrN3S/c1-12-3-9-4-13-7-14(9)5-10-2-8(11)6-15-10/h2,4,6-7,12H,3,5H2,1H3. The minimum atomic E-state index is 0.854. The van der Waals surface area contributed by atoms with Gasteiger partial charge in [0.05, 0.1) is 18.6 Å². The van der Waals surface area contributed by atoms with E-state index >= 15 is 0 Å². The van der Waals surface area contributed by atoms with Crippen molar-refractivity contribution in [3.63, 3.8) is 0 Å². The fourth-order valence-corrected chi connectivity index (χ4v) is 2.87. The summed E-state index contributed by atoms with van der Waals surface area (Å²) in [4.78, 5) is 5.49. The van der Waals surface area contributed by atoms with E-state index in [4.69, 9.17) is 0 Å². The molecular weight excluding hydrogens is 274 g/mol. The van der Waals surface area contributed by atoms with Crippen LogP contribution in [0, 0.1) is 0 Å². The number of nitrogens with one attached hydrogen (secondary N) is 1. The summed E-state index contributed by atoms with van der Waals surface area (Å²) >= 11 is 5.22. The number of hydrogen-bond acceptors (Lipinski definition) is 3. The van der Waals surface area contributed by atoms with Crippen LogP contribution >= 0.6 is 27.3 Å². The van der Waals surface area contributed by atoms with E-state index in [1.54, 1.807) is 11.3 Å². The van der Waals surface area contributed by atoms with Gasteiger partial charge in [0.25, 0.3) is 0 Å². The molecule has 0 aromatic carbocycles. The van der Waals surface area contributed by atoms with Crippen molar-refractivity contribution in [3.8, 4) is 0 Å². The first kappa shape index (κ1) is 10.9. The molecule has 2 heterocycles. The molecule has 80 valence electrons. The van der Waals surface area contributed by atoms with Gasteiger partial charge in [-0.15, -0.1) is 11.3 Å². The van der Waals surface area contributed by atoms with E-state index in [1.165, 1.54) is 10.6 Å². The Hall–Kier alpha value is -0.650. The summed E-state index contributed by atoms with van der Waals surface area (Å²) in [6.45, 7) is 1.75. The van der Waals surface area contributed by atoms with Crippen molar-refractivity contribution in [1.82, 2.24) is 14.9 Å². The van der Waals surface area contributed by atoms with Crippen molar-refractivity contribution >= 4 is 27.3 Å². The van der Waals surface area contributed by atoms with Crippen LogP contribution in [-0.2, 0) is 13.1 Å². The summed E-state index contributed by atoms with van der Waals surface area (Å²) in [5.74, 6) is 0. The van der Waals surface area contributed by atoms with E-state index in [2.05, 4.69) is 42.2 Å². The normalized spacial score (nSPS) is 10.8. The summed E-state index contributed by atoms with van der Waals surface area (Å²) in [6, 6.07) is 2.15. The molecule has 2 aromatic rings. The molecule has 0 aliphatic heterocycles. The molecule has 5 heteroatoms. The van der Waals surface area contributed by atoms with Crippen LogP contribution in [0.1, 0.15) is 10.6 Å². The largest absolute Gasteiger partial charge is 0.328 e. The molecule has 2 rings (SSSR count). The van der Waals surface area contributed by atoms with Crippen LogP contribution in [0.2, 0.25) is 0 Å². The molecule has 0 fully saturated rings. The fraction of sp³-hybridized carbons (Fsp3) is 0.300. The molecular formula is C10H12BrN3S. The average Bonchev–Trinajstić information content (AvgIpc) is 2.78. The molecule has 15 heavy (non-hydrogen) atoms. The molecule has 1 N–H and O–H groups in total. The maximum atomic E-state index is 4.16. The lowest BCUT2D eigenvalue weighted by Crippen LogP contribution is -2.10. The van der Waals surface area contributed by atoms with Crippen molar-refractivity contribution in [3.05, 3.63) is 39.0 Å². The van der Waals surface area contributed by atoms with Crippen LogP contribution in [0.25, 0.3) is 0 Å². The monoisotopic (exact) mass is 285 g/mol. The zero-order valence-electron chi connectivity index (χ0n) is 8.40. The van der Waals surface area contributed by atoms with Crippen LogP contribution in [-0.4, -0.2) is 16.6 Å². The Morgan fingerprint density at radius 2 is 2.47 bits per heavy atom. The van der Waals surface area contributed by atoms with E-state index in [1.807, 2.05) is 19.6 Å². The van der Waals surface area contributed by atoms with Gasteiger partial charge in [0.1, 0.15) is 0 Å². The number of thiophene rings is 1. The van der Waals surface area contributed by atoms with Crippen LogP contribution in [0.15, 0.2) is 28.4 Å². The summed E-state index contributed by atoms with van der Waals surface area (Å²) in [5.41, 5.74) is 1.21. The van der Waals surface area contributed by atoms with Crippen LogP contribution in [0.5, 0.6) is 0 Å². The van der Waals surface area contributed by atoms with Crippen LogP contribution < -0.4 is 5.32 Å². The lowest BCUT2D eigenvalue weighted by Gasteiger charge is -2.05. The third-order valence-electron chi connectivity index (χ3n) is 2.10. The van der Waals surface area contributed by atoms with Gasteiger partial charge in [0.2, 0.25) is 0 Å². The Labute approximate surface area is 101 Å². The number of imidazole rings is 1. The Bertz CT molecular complexity index is 435. The third kappa shape index (κ3) is 2.68. The van der Waals surface area contributed by atoms with Gasteiger partial charge >= 0.3 is 0 Å². The van der Waals surface area contributed by atoms with Gasteiger partial charge in [0.15, 0.2) is 0 Å². The maximum Gasteiger partial charge on any atom is 0.0952 e. The molecule has 0 unspecified atom stereocenters. The average molecular weight is 286 g/mol. The Balaban J connectivity index is 2.13. The molecule has 0 atom stereocenters. The van der Waals surface area contributed by atoms with Crippen LogP contribution in [0.3, 0.4) is 0 Å². The number of aromatic nitrogens is 2. The van der Waals surface area contributed by atoms with E-state index in [9.17, 15) is 0 Å². The number of rotatable bonds is 4. The molecule has 0 radical (unpaired) electrons. The van der Waals surface area contributed by atoms with E-state index in [0.29, 0.717) is 0 Å². The predicted molar refractivity (Wildman–Crippen MR) is 66.1 cm³/mol. The van der Waals surface area contributed by atoms with Gasteiger partial charge in [-0.25, -0.2) is 4.98 Å². The molecule has 0 bridgehead atoms. The summed E-state index contributed by atoms with van der Waals surface area (Å²) < 4.78 is 3.31. The predicted octanol–water partition coefficient (Wildman–Crippen LogP) is 2.47. The highest BCUT2D eigenvalue weighted by Gasteiger charge is 2.03. The minimum absolute atomic E-state index is 0.854. The second-order valence-electron chi connectivity index (χ2n) is 3.27. The zero-order chi connectivity index (χ0) is 10.7. The van der Waals surface area contributed by atoms with Crippen molar-refractivity contribution < 1.29 is 0 Å². The molecule has 3 nitrogen and oxygen atoms in total. The molecule has 0 saturated heterocycles. The third-order valence-corrected chi connectivity index (χ3v) is 3.79. The van der Waals surface area contributed by atoms with E-state index in [-0.39, 0.29) is 0 Å². The van der Waals surface area contributed by atoms with Crippen molar-refractivity contribution in [1.29, 1.82) is 0 Å². The number of hydrogen-bond donors (Lipinski definition) is 1. The first-order chi connectivity index (χ1) is 7.29. The first-order valence-corrected chi connectivity index (χ1v) is 6.33. The number of nitrogens with zero attached hydrogens (tertiary/aromatic N) is 2.